The zero-order chi connectivity index (χ0) is 14.4. The maximum atomic E-state index is 12.0. The van der Waals surface area contributed by atoms with Gasteiger partial charge in [0.05, 0.1) is 12.1 Å². The first-order valence-corrected chi connectivity index (χ1v) is 6.29. The van der Waals surface area contributed by atoms with E-state index >= 15 is 0 Å². The fourth-order valence-corrected chi connectivity index (χ4v) is 1.76. The number of nitrogens with zero attached hydrogens (tertiary/aromatic N) is 1. The van der Waals surface area contributed by atoms with Crippen molar-refractivity contribution in [2.75, 3.05) is 0 Å². The quantitative estimate of drug-likeness (QED) is 0.859. The highest BCUT2D eigenvalue weighted by Gasteiger charge is 2.24. The third-order valence-electron chi connectivity index (χ3n) is 2.91. The van der Waals surface area contributed by atoms with Crippen LogP contribution in [0.25, 0.3) is 0 Å². The number of rotatable bonds is 4. The predicted molar refractivity (Wildman–Crippen MR) is 75.1 cm³/mol. The maximum Gasteiger partial charge on any atom is 0.239 e. The fraction of sp³-hybridized carbons (Fsp3) is 0.333. The molecule has 3 nitrogen and oxygen atoms in total. The second kappa shape index (κ2) is 6.83. The zero-order valence-electron chi connectivity index (χ0n) is 10.9. The average Bonchev–Trinajstić information content (AvgIpc) is 2.39. The van der Waals surface area contributed by atoms with Crippen LogP contribution in [0.5, 0.6) is 0 Å². The van der Waals surface area contributed by atoms with Gasteiger partial charge in [-0.1, -0.05) is 23.7 Å². The number of carbonyl (C=O) groups is 1. The Morgan fingerprint density at radius 2 is 1.95 bits per heavy atom. The molecule has 0 aliphatic heterocycles. The van der Waals surface area contributed by atoms with Gasteiger partial charge in [0.15, 0.2) is 0 Å². The molecule has 0 saturated carbocycles. The Hall–Kier alpha value is -1.97. The topological polar surface area (TPSA) is 52.9 Å². The average molecular weight is 275 g/mol. The molecular weight excluding hydrogens is 260 g/mol. The second-order valence-corrected chi connectivity index (χ2v) is 4.78. The molecule has 19 heavy (non-hydrogen) atoms. The van der Waals surface area contributed by atoms with Crippen molar-refractivity contribution in [1.82, 2.24) is 5.32 Å². The molecule has 0 saturated heterocycles. The van der Waals surface area contributed by atoms with Crippen LogP contribution < -0.4 is 5.32 Å². The first-order chi connectivity index (χ1) is 8.99. The smallest absolute Gasteiger partial charge is 0.239 e. The van der Waals surface area contributed by atoms with Gasteiger partial charge in [-0.2, -0.15) is 5.26 Å². The highest BCUT2D eigenvalue weighted by Crippen LogP contribution is 2.17. The van der Waals surface area contributed by atoms with E-state index in [0.29, 0.717) is 5.02 Å². The normalized spacial score (nSPS) is 14.6. The number of carbonyl (C=O) groups excluding carboxylic acids is 1. The summed E-state index contributed by atoms with van der Waals surface area (Å²) >= 11 is 5.80. The summed E-state index contributed by atoms with van der Waals surface area (Å²) < 4.78 is 0. The van der Waals surface area contributed by atoms with Gasteiger partial charge in [-0.05, 0) is 31.5 Å². The van der Waals surface area contributed by atoms with Crippen molar-refractivity contribution >= 4 is 17.5 Å². The molecule has 0 radical (unpaired) electrons. The second-order valence-electron chi connectivity index (χ2n) is 4.34. The van der Waals surface area contributed by atoms with Gasteiger partial charge in [0, 0.05) is 10.9 Å². The molecule has 98 valence electrons. The maximum absolute atomic E-state index is 12.0. The summed E-state index contributed by atoms with van der Waals surface area (Å²) in [5.74, 6) is 0.817. The first-order valence-electron chi connectivity index (χ1n) is 5.91. The van der Waals surface area contributed by atoms with Gasteiger partial charge in [-0.25, -0.2) is 0 Å². The molecule has 0 bridgehead atoms. The molecule has 3 unspecified atom stereocenters. The SMILES string of the molecule is C#CC(C)C(C#N)C(=O)NC(C)c1ccc(Cl)cc1. The van der Waals surface area contributed by atoms with Crippen molar-refractivity contribution in [3.8, 4) is 18.4 Å². The number of hydrogen-bond acceptors (Lipinski definition) is 2. The minimum Gasteiger partial charge on any atom is -0.348 e. The molecule has 1 rings (SSSR count). The molecular formula is C15H15ClN2O. The summed E-state index contributed by atoms with van der Waals surface area (Å²) in [4.78, 5) is 12.0. The lowest BCUT2D eigenvalue weighted by molar-refractivity contribution is -0.124. The molecule has 1 N–H and O–H groups in total. The molecule has 0 aromatic heterocycles. The van der Waals surface area contributed by atoms with Crippen molar-refractivity contribution in [2.45, 2.75) is 19.9 Å². The molecule has 1 aromatic rings. The predicted octanol–water partition coefficient (Wildman–Crippen LogP) is 2.93. The summed E-state index contributed by atoms with van der Waals surface area (Å²) in [6, 6.07) is 8.92. The summed E-state index contributed by atoms with van der Waals surface area (Å²) in [6.45, 7) is 3.52. The highest BCUT2D eigenvalue weighted by molar-refractivity contribution is 6.30. The standard InChI is InChI=1S/C15H15ClN2O/c1-4-10(2)14(9-17)15(19)18-11(3)12-5-7-13(16)8-6-12/h1,5-8,10-11,14H,2-3H3,(H,18,19). The van der Waals surface area contributed by atoms with Crippen LogP contribution in [0.4, 0.5) is 0 Å². The van der Waals surface area contributed by atoms with Crippen LogP contribution >= 0.6 is 11.6 Å². The fourth-order valence-electron chi connectivity index (χ4n) is 1.63. The van der Waals surface area contributed by atoms with Gasteiger partial charge in [0.2, 0.25) is 5.91 Å². The van der Waals surface area contributed by atoms with E-state index in [1.165, 1.54) is 0 Å². The van der Waals surface area contributed by atoms with E-state index in [1.54, 1.807) is 19.1 Å². The minimum atomic E-state index is -0.834. The van der Waals surface area contributed by atoms with Gasteiger partial charge in [-0.15, -0.1) is 12.3 Å². The van der Waals surface area contributed by atoms with E-state index in [4.69, 9.17) is 23.3 Å². The van der Waals surface area contributed by atoms with Crippen LogP contribution in [0.15, 0.2) is 24.3 Å². The number of benzene rings is 1. The first kappa shape index (κ1) is 15.1. The molecule has 1 amide bonds. The Kier molecular flexibility index (Phi) is 5.42. The minimum absolute atomic E-state index is 0.203. The monoisotopic (exact) mass is 274 g/mol. The van der Waals surface area contributed by atoms with Gasteiger partial charge >= 0.3 is 0 Å². The van der Waals surface area contributed by atoms with E-state index in [2.05, 4.69) is 11.2 Å². The number of amides is 1. The molecule has 0 spiro atoms. The number of hydrogen-bond donors (Lipinski definition) is 1. The molecule has 4 heteroatoms. The van der Waals surface area contributed by atoms with Crippen LogP contribution in [-0.4, -0.2) is 5.91 Å². The summed E-state index contributed by atoms with van der Waals surface area (Å²) in [5, 5.41) is 12.4. The van der Waals surface area contributed by atoms with Crippen LogP contribution in [0.2, 0.25) is 5.02 Å². The lowest BCUT2D eigenvalue weighted by atomic mass is 9.95. The largest absolute Gasteiger partial charge is 0.348 e. The third kappa shape index (κ3) is 4.02. The van der Waals surface area contributed by atoms with Crippen LogP contribution in [0.1, 0.15) is 25.5 Å². The number of halogens is 1. The summed E-state index contributed by atoms with van der Waals surface area (Å²) in [6.07, 6.45) is 5.25. The van der Waals surface area contributed by atoms with Gasteiger partial charge in [-0.3, -0.25) is 4.79 Å². The molecule has 1 aromatic carbocycles. The number of nitrogens with one attached hydrogen (secondary N) is 1. The van der Waals surface area contributed by atoms with Crippen LogP contribution in [0, 0.1) is 35.5 Å². The van der Waals surface area contributed by atoms with Crippen molar-refractivity contribution < 1.29 is 4.79 Å². The number of nitriles is 1. The van der Waals surface area contributed by atoms with Crippen molar-refractivity contribution in [3.63, 3.8) is 0 Å². The number of terminal acetylenes is 1. The third-order valence-corrected chi connectivity index (χ3v) is 3.17. The van der Waals surface area contributed by atoms with E-state index < -0.39 is 11.8 Å². The Balaban J connectivity index is 2.74. The van der Waals surface area contributed by atoms with E-state index in [9.17, 15) is 4.79 Å². The van der Waals surface area contributed by atoms with Crippen molar-refractivity contribution in [1.29, 1.82) is 5.26 Å². The Bertz CT molecular complexity index is 525. The molecule has 0 aliphatic rings. The zero-order valence-corrected chi connectivity index (χ0v) is 11.6. The molecule has 3 atom stereocenters. The van der Waals surface area contributed by atoms with Gasteiger partial charge in [0.25, 0.3) is 0 Å². The van der Waals surface area contributed by atoms with E-state index in [0.717, 1.165) is 5.56 Å². The van der Waals surface area contributed by atoms with E-state index in [-0.39, 0.29) is 11.9 Å². The summed E-state index contributed by atoms with van der Waals surface area (Å²) in [7, 11) is 0. The Morgan fingerprint density at radius 1 is 1.37 bits per heavy atom. The lowest BCUT2D eigenvalue weighted by Crippen LogP contribution is -2.34. The van der Waals surface area contributed by atoms with Crippen LogP contribution in [0.3, 0.4) is 0 Å². The van der Waals surface area contributed by atoms with Crippen molar-refractivity contribution in [3.05, 3.63) is 34.9 Å². The van der Waals surface area contributed by atoms with Gasteiger partial charge < -0.3 is 5.32 Å². The van der Waals surface area contributed by atoms with E-state index in [1.807, 2.05) is 25.1 Å². The summed E-state index contributed by atoms with van der Waals surface area (Å²) in [5.41, 5.74) is 0.919. The Morgan fingerprint density at radius 3 is 2.42 bits per heavy atom. The lowest BCUT2D eigenvalue weighted by Gasteiger charge is -2.18. The van der Waals surface area contributed by atoms with Gasteiger partial charge in [0.1, 0.15) is 5.92 Å². The van der Waals surface area contributed by atoms with Crippen molar-refractivity contribution in [2.24, 2.45) is 11.8 Å². The Labute approximate surface area is 118 Å². The van der Waals surface area contributed by atoms with Crippen LogP contribution in [-0.2, 0) is 4.79 Å². The molecule has 0 fully saturated rings. The molecule has 0 heterocycles. The molecule has 0 aliphatic carbocycles. The highest BCUT2D eigenvalue weighted by atomic mass is 35.5.